The molecule has 3 aliphatic rings. The molecule has 2 fully saturated rings. The van der Waals surface area contributed by atoms with Crippen molar-refractivity contribution in [1.29, 1.82) is 0 Å². The van der Waals surface area contributed by atoms with Gasteiger partial charge in [0, 0.05) is 45.1 Å². The van der Waals surface area contributed by atoms with Gasteiger partial charge in [0.05, 0.1) is 11.6 Å². The lowest BCUT2D eigenvalue weighted by atomic mass is 9.79. The summed E-state index contributed by atoms with van der Waals surface area (Å²) >= 11 is 0. The van der Waals surface area contributed by atoms with Crippen LogP contribution in [0.5, 0.6) is 11.5 Å². The zero-order valence-corrected chi connectivity index (χ0v) is 24.9. The van der Waals surface area contributed by atoms with Gasteiger partial charge < -0.3 is 34.0 Å². The van der Waals surface area contributed by atoms with Crippen molar-refractivity contribution in [2.75, 3.05) is 49.8 Å². The van der Waals surface area contributed by atoms with Crippen LogP contribution in [0.15, 0.2) is 42.5 Å². The Morgan fingerprint density at radius 3 is 2.60 bits per heavy atom. The largest absolute Gasteiger partial charge is 0.508 e. The first-order chi connectivity index (χ1) is 20.1. The van der Waals surface area contributed by atoms with E-state index >= 15 is 0 Å². The van der Waals surface area contributed by atoms with E-state index in [0.29, 0.717) is 49.7 Å². The normalized spacial score (nSPS) is 20.5. The molecule has 3 amide bonds. The molecule has 2 heterocycles. The average Bonchev–Trinajstić information content (AvgIpc) is 3.78. The quantitative estimate of drug-likeness (QED) is 0.452. The van der Waals surface area contributed by atoms with E-state index in [1.807, 2.05) is 49.9 Å². The van der Waals surface area contributed by atoms with Crippen LogP contribution in [-0.4, -0.2) is 79.5 Å². The Balaban J connectivity index is 1.47. The number of amides is 3. The number of methoxy groups -OCH3 is 1. The Morgan fingerprint density at radius 2 is 1.90 bits per heavy atom. The van der Waals surface area contributed by atoms with Crippen molar-refractivity contribution in [2.45, 2.75) is 64.0 Å². The summed E-state index contributed by atoms with van der Waals surface area (Å²) in [6.45, 7) is 7.10. The highest BCUT2D eigenvalue weighted by atomic mass is 16.6. The van der Waals surface area contributed by atoms with E-state index in [2.05, 4.69) is 0 Å². The van der Waals surface area contributed by atoms with Crippen molar-refractivity contribution in [2.24, 2.45) is 5.92 Å². The zero-order chi connectivity index (χ0) is 30.0. The molecule has 1 saturated carbocycles. The van der Waals surface area contributed by atoms with E-state index in [4.69, 9.17) is 14.2 Å². The van der Waals surface area contributed by atoms with E-state index in [1.165, 1.54) is 0 Å². The average molecular weight is 580 g/mol. The van der Waals surface area contributed by atoms with Crippen LogP contribution in [0.1, 0.15) is 57.9 Å². The molecule has 1 N–H and O–H groups in total. The van der Waals surface area contributed by atoms with Gasteiger partial charge in [-0.05, 0) is 88.3 Å². The number of fused-ring (bicyclic) bond motifs is 1. The number of ether oxygens (including phenoxy) is 3. The molecule has 5 rings (SSSR count). The lowest BCUT2D eigenvalue weighted by Crippen LogP contribution is -2.51. The van der Waals surface area contributed by atoms with Crippen molar-refractivity contribution in [3.8, 4) is 11.5 Å². The van der Waals surface area contributed by atoms with Gasteiger partial charge in [-0.15, -0.1) is 0 Å². The van der Waals surface area contributed by atoms with Crippen molar-refractivity contribution < 1.29 is 33.7 Å². The number of piperidine rings is 1. The number of hydrogen-bond acceptors (Lipinski definition) is 7. The summed E-state index contributed by atoms with van der Waals surface area (Å²) in [4.78, 5) is 45.6. The molecule has 0 radical (unpaired) electrons. The first-order valence-corrected chi connectivity index (χ1v) is 14.7. The minimum absolute atomic E-state index is 0.0273. The van der Waals surface area contributed by atoms with Gasteiger partial charge in [-0.25, -0.2) is 4.79 Å². The lowest BCUT2D eigenvalue weighted by Gasteiger charge is -2.41. The van der Waals surface area contributed by atoms with Crippen LogP contribution in [0.2, 0.25) is 0 Å². The molecule has 1 saturated heterocycles. The number of phenolic OH excluding ortho intramolecular Hbond substituents is 1. The number of phenols is 1. The van der Waals surface area contributed by atoms with Gasteiger partial charge in [0.2, 0.25) is 5.91 Å². The van der Waals surface area contributed by atoms with Crippen LogP contribution >= 0.6 is 0 Å². The Labute approximate surface area is 247 Å². The maximum absolute atomic E-state index is 14.6. The summed E-state index contributed by atoms with van der Waals surface area (Å²) in [6.07, 6.45) is 2.52. The highest BCUT2D eigenvalue weighted by Crippen LogP contribution is 2.43. The van der Waals surface area contributed by atoms with E-state index < -0.39 is 17.6 Å². The second-order valence-electron chi connectivity index (χ2n) is 12.3. The molecule has 0 unspecified atom stereocenters. The molecule has 10 heteroatoms. The number of anilines is 2. The number of nitrogens with zero attached hydrogens (tertiary/aromatic N) is 3. The summed E-state index contributed by atoms with van der Waals surface area (Å²) in [5.74, 6) is -0.235. The fraction of sp³-hybridized carbons (Fsp3) is 0.531. The highest BCUT2D eigenvalue weighted by Gasteiger charge is 2.44. The smallest absolute Gasteiger partial charge is 0.410 e. The molecule has 0 aromatic heterocycles. The minimum atomic E-state index is -0.656. The topological polar surface area (TPSA) is 109 Å². The third-order valence-corrected chi connectivity index (χ3v) is 7.92. The predicted molar refractivity (Wildman–Crippen MR) is 158 cm³/mol. The van der Waals surface area contributed by atoms with E-state index in [1.54, 1.807) is 35.1 Å². The third kappa shape index (κ3) is 6.64. The fourth-order valence-electron chi connectivity index (χ4n) is 5.83. The standard InChI is InChI=1S/C32H41N3O7/c1-32(2,3)42-31(39)33-15-13-25(21-7-5-8-24(36)17-21)26(19-33)30(38)35(22-9-10-22)23-11-12-28-27(18-23)34(14-6-16-40-4)29(37)20-41-28/h5,7-8,11-12,17-18,22,25-26,36H,6,9-10,13-16,19-20H2,1-4H3/t25-,26+/m1/s1. The van der Waals surface area contributed by atoms with Gasteiger partial charge in [0.1, 0.15) is 17.1 Å². The summed E-state index contributed by atoms with van der Waals surface area (Å²) in [7, 11) is 1.63. The molecule has 10 nitrogen and oxygen atoms in total. The molecule has 2 atom stereocenters. The Kier molecular flexibility index (Phi) is 8.63. The van der Waals surface area contributed by atoms with Gasteiger partial charge in [0.15, 0.2) is 6.61 Å². The number of rotatable bonds is 8. The second-order valence-corrected chi connectivity index (χ2v) is 12.3. The van der Waals surface area contributed by atoms with Crippen molar-refractivity contribution in [1.82, 2.24) is 4.90 Å². The van der Waals surface area contributed by atoms with Crippen molar-refractivity contribution >= 4 is 29.3 Å². The summed E-state index contributed by atoms with van der Waals surface area (Å²) < 4.78 is 16.6. The van der Waals surface area contributed by atoms with Gasteiger partial charge in [-0.2, -0.15) is 0 Å². The van der Waals surface area contributed by atoms with Crippen LogP contribution in [0.25, 0.3) is 0 Å². The van der Waals surface area contributed by atoms with E-state index in [9.17, 15) is 19.5 Å². The number of carbonyl (C=O) groups excluding carboxylic acids is 3. The van der Waals surface area contributed by atoms with Gasteiger partial charge in [-0.1, -0.05) is 12.1 Å². The number of carbonyl (C=O) groups is 3. The molecule has 2 aliphatic heterocycles. The molecule has 226 valence electrons. The molecule has 42 heavy (non-hydrogen) atoms. The molecular weight excluding hydrogens is 538 g/mol. The Morgan fingerprint density at radius 1 is 1.12 bits per heavy atom. The monoisotopic (exact) mass is 579 g/mol. The Bertz CT molecular complexity index is 1320. The minimum Gasteiger partial charge on any atom is -0.508 e. The maximum Gasteiger partial charge on any atom is 0.410 e. The number of likely N-dealkylation sites (tertiary alicyclic amines) is 1. The summed E-state index contributed by atoms with van der Waals surface area (Å²) in [5.41, 5.74) is 1.54. The summed E-state index contributed by atoms with van der Waals surface area (Å²) in [5, 5.41) is 10.2. The van der Waals surface area contributed by atoms with E-state index in [0.717, 1.165) is 18.4 Å². The van der Waals surface area contributed by atoms with Crippen LogP contribution < -0.4 is 14.5 Å². The van der Waals surface area contributed by atoms with Crippen LogP contribution in [0, 0.1) is 5.92 Å². The molecule has 0 bridgehead atoms. The zero-order valence-electron chi connectivity index (χ0n) is 24.9. The number of benzene rings is 2. The molecule has 1 aliphatic carbocycles. The first kappa shape index (κ1) is 29.7. The Hall–Kier alpha value is -3.79. The van der Waals surface area contributed by atoms with Crippen molar-refractivity contribution in [3.05, 3.63) is 48.0 Å². The molecular formula is C32H41N3O7. The molecule has 2 aromatic rings. The number of aromatic hydroxyl groups is 1. The van der Waals surface area contributed by atoms with Crippen molar-refractivity contribution in [3.63, 3.8) is 0 Å². The molecule has 2 aromatic carbocycles. The van der Waals surface area contributed by atoms with Crippen LogP contribution in [0.3, 0.4) is 0 Å². The molecule has 0 spiro atoms. The first-order valence-electron chi connectivity index (χ1n) is 14.7. The van der Waals surface area contributed by atoms with Crippen LogP contribution in [-0.2, 0) is 19.1 Å². The summed E-state index contributed by atoms with van der Waals surface area (Å²) in [6, 6.07) is 12.6. The second kappa shape index (κ2) is 12.2. The third-order valence-electron chi connectivity index (χ3n) is 7.92. The van der Waals surface area contributed by atoms with E-state index in [-0.39, 0.29) is 42.7 Å². The maximum atomic E-state index is 14.6. The fourth-order valence-corrected chi connectivity index (χ4v) is 5.83. The SMILES string of the molecule is COCCCN1C(=O)COc2ccc(N(C(=O)[C@H]3CN(C(=O)OC(C)(C)C)CC[C@@H]3c3cccc(O)c3)C3CC3)cc21. The van der Waals surface area contributed by atoms with Gasteiger partial charge in [-0.3, -0.25) is 9.59 Å². The van der Waals surface area contributed by atoms with Gasteiger partial charge in [0.25, 0.3) is 5.91 Å². The predicted octanol–water partition coefficient (Wildman–Crippen LogP) is 4.69. The number of hydrogen-bond donors (Lipinski definition) is 1. The highest BCUT2D eigenvalue weighted by molar-refractivity contribution is 6.01. The van der Waals surface area contributed by atoms with Crippen LogP contribution in [0.4, 0.5) is 16.2 Å². The van der Waals surface area contributed by atoms with Gasteiger partial charge >= 0.3 is 6.09 Å². The lowest BCUT2D eigenvalue weighted by molar-refractivity contribution is -0.124.